The van der Waals surface area contributed by atoms with Crippen molar-refractivity contribution in [2.24, 2.45) is 11.8 Å². The van der Waals surface area contributed by atoms with Crippen molar-refractivity contribution in [2.45, 2.75) is 103 Å². The van der Waals surface area contributed by atoms with Crippen molar-refractivity contribution in [1.82, 2.24) is 25.4 Å². The van der Waals surface area contributed by atoms with Crippen LogP contribution >= 0.6 is 11.3 Å². The van der Waals surface area contributed by atoms with Crippen LogP contribution in [-0.2, 0) is 25.5 Å². The number of fused-ring (bicyclic) bond motifs is 1. The van der Waals surface area contributed by atoms with Gasteiger partial charge in [-0.1, -0.05) is 64.8 Å². The fourth-order valence-electron chi connectivity index (χ4n) is 7.06. The number of ketones is 1. The summed E-state index contributed by atoms with van der Waals surface area (Å²) >= 11 is 1.07. The number of nitrogens with zero attached hydrogens (tertiary/aromatic N) is 3. The summed E-state index contributed by atoms with van der Waals surface area (Å²) in [5.74, 6) is -3.09. The van der Waals surface area contributed by atoms with Crippen LogP contribution in [0.25, 0.3) is 0 Å². The largest absolute Gasteiger partial charge is 0.481 e. The number of likely N-dealkylation sites (N-methyl/N-ethyl adjacent to an activating group) is 1. The third-order valence-electron chi connectivity index (χ3n) is 10.3. The van der Waals surface area contributed by atoms with Crippen LogP contribution in [-0.4, -0.2) is 107 Å². The number of hydrogen-bond donors (Lipinski definition) is 3. The average molecular weight is 712 g/mol. The van der Waals surface area contributed by atoms with Crippen LogP contribution in [0.5, 0.6) is 0 Å². The molecule has 12 nitrogen and oxygen atoms in total. The van der Waals surface area contributed by atoms with Gasteiger partial charge in [0.05, 0.1) is 18.6 Å². The van der Waals surface area contributed by atoms with E-state index in [0.29, 0.717) is 12.8 Å². The second-order valence-electron chi connectivity index (χ2n) is 14.1. The number of aromatic nitrogens is 1. The highest BCUT2D eigenvalue weighted by Gasteiger charge is 2.38. The van der Waals surface area contributed by atoms with E-state index in [-0.39, 0.29) is 72.2 Å². The van der Waals surface area contributed by atoms with E-state index in [9.17, 15) is 29.1 Å². The molecule has 1 fully saturated rings. The summed E-state index contributed by atoms with van der Waals surface area (Å²) < 4.78 is 5.37. The highest BCUT2D eigenvalue weighted by molar-refractivity contribution is 7.12. The number of nitrogens with one attached hydrogen (secondary N) is 2. The topological polar surface area (TPSA) is 158 Å². The normalized spacial score (nSPS) is 21.1. The summed E-state index contributed by atoms with van der Waals surface area (Å²) in [6.45, 7) is 9.17. The first-order valence-corrected chi connectivity index (χ1v) is 18.6. The fraction of sp³-hybridized carbons (Fsp3) is 0.622. The Bertz CT molecular complexity index is 1510. The molecule has 1 aliphatic heterocycles. The number of carboxylic acids is 1. The molecule has 3 N–H and O–H groups in total. The van der Waals surface area contributed by atoms with E-state index in [1.807, 2.05) is 63.9 Å². The van der Waals surface area contributed by atoms with Gasteiger partial charge in [-0.15, -0.1) is 11.3 Å². The molecule has 2 aromatic rings. The Morgan fingerprint density at radius 1 is 1.14 bits per heavy atom. The quantitative estimate of drug-likeness (QED) is 0.218. The maximum absolute atomic E-state index is 14.4. The highest BCUT2D eigenvalue weighted by Crippen LogP contribution is 2.32. The number of methoxy groups -OCH3 is 1. The van der Waals surface area contributed by atoms with Crippen LogP contribution in [0.15, 0.2) is 29.6 Å². The number of aliphatic carboxylic acids is 1. The van der Waals surface area contributed by atoms with Crippen molar-refractivity contribution < 1.29 is 33.8 Å². The first-order valence-electron chi connectivity index (χ1n) is 17.8. The first kappa shape index (κ1) is 39.1. The van der Waals surface area contributed by atoms with Crippen molar-refractivity contribution >= 4 is 40.8 Å². The number of rotatable bonds is 16. The minimum absolute atomic E-state index is 0.0199. The predicted octanol–water partition coefficient (Wildman–Crippen LogP) is 4.14. The second-order valence-corrected chi connectivity index (χ2v) is 14.9. The number of likely N-dealkylation sites (tertiary alicyclic amines) is 1. The number of amides is 3. The molecule has 13 heteroatoms. The standard InChI is InChI=1S/C37H53N5O7S/c1-7-23(4)32(40-34(45)29-14-10-11-15-41(29)5)36(46)42(16-17-49-6)30(22(2)3)20-31(43)35-39-28(21-50-35)33(44)38-25-18-24-12-8-9-13-26(24)27(19-25)37(47)48/h8-9,12-13,21-23,25,27,29-30,32H,7,10-11,14-20H2,1-6H3,(H,38,44)(H,40,45)(H,47,48)/t23?,25-,27+,29?,30+,32?/m0/s1. The maximum atomic E-state index is 14.4. The van der Waals surface area contributed by atoms with Gasteiger partial charge in [0.25, 0.3) is 5.91 Å². The summed E-state index contributed by atoms with van der Waals surface area (Å²) in [4.78, 5) is 74.9. The van der Waals surface area contributed by atoms with Crippen LogP contribution in [0, 0.1) is 11.8 Å². The van der Waals surface area contributed by atoms with E-state index in [2.05, 4.69) is 15.6 Å². The summed E-state index contributed by atoms with van der Waals surface area (Å²) in [5, 5.41) is 17.5. The van der Waals surface area contributed by atoms with E-state index in [4.69, 9.17) is 4.74 Å². The van der Waals surface area contributed by atoms with Crippen LogP contribution in [0.1, 0.15) is 104 Å². The number of piperidine rings is 1. The minimum Gasteiger partial charge on any atom is -0.481 e. The Labute approximate surface area is 299 Å². The van der Waals surface area contributed by atoms with Gasteiger partial charge in [0, 0.05) is 37.5 Å². The van der Waals surface area contributed by atoms with Crippen molar-refractivity contribution in [1.29, 1.82) is 0 Å². The molecule has 3 amide bonds. The molecule has 0 spiro atoms. The van der Waals surface area contributed by atoms with Gasteiger partial charge >= 0.3 is 5.97 Å². The lowest BCUT2D eigenvalue weighted by Crippen LogP contribution is -2.59. The Kier molecular flexibility index (Phi) is 14.1. The summed E-state index contributed by atoms with van der Waals surface area (Å²) in [6.07, 6.45) is 4.15. The van der Waals surface area contributed by atoms with Crippen LogP contribution in [0.4, 0.5) is 0 Å². The summed E-state index contributed by atoms with van der Waals surface area (Å²) in [6, 6.07) is 5.40. The predicted molar refractivity (Wildman–Crippen MR) is 191 cm³/mol. The second kappa shape index (κ2) is 18.0. The molecule has 0 radical (unpaired) electrons. The van der Waals surface area contributed by atoms with Gasteiger partial charge in [-0.2, -0.15) is 0 Å². The van der Waals surface area contributed by atoms with E-state index in [0.717, 1.165) is 48.3 Å². The molecule has 2 aliphatic rings. The van der Waals surface area contributed by atoms with E-state index in [1.165, 1.54) is 5.38 Å². The molecule has 50 heavy (non-hydrogen) atoms. The van der Waals surface area contributed by atoms with Gasteiger partial charge in [-0.05, 0) is 62.2 Å². The Morgan fingerprint density at radius 2 is 1.88 bits per heavy atom. The number of hydrogen-bond acceptors (Lipinski definition) is 9. The maximum Gasteiger partial charge on any atom is 0.311 e. The molecule has 1 aromatic heterocycles. The molecule has 274 valence electrons. The lowest BCUT2D eigenvalue weighted by Gasteiger charge is -2.39. The third-order valence-corrected chi connectivity index (χ3v) is 11.1. The van der Waals surface area contributed by atoms with Crippen molar-refractivity contribution in [3.8, 4) is 0 Å². The molecule has 6 atom stereocenters. The van der Waals surface area contributed by atoms with Crippen molar-refractivity contribution in [2.75, 3.05) is 33.9 Å². The zero-order valence-electron chi connectivity index (χ0n) is 30.1. The molecule has 0 saturated carbocycles. The molecule has 2 heterocycles. The SMILES string of the molecule is CCC(C)C(NC(=O)C1CCCCN1C)C(=O)N(CCOC)[C@H](CC(=O)c1nc(C(=O)N[C@H]2Cc3ccccc3[C@H](C(=O)O)C2)cs1)C(C)C. The van der Waals surface area contributed by atoms with Gasteiger partial charge < -0.3 is 25.4 Å². The van der Waals surface area contributed by atoms with E-state index in [1.54, 1.807) is 12.0 Å². The zero-order chi connectivity index (χ0) is 36.5. The first-order chi connectivity index (χ1) is 23.9. The van der Waals surface area contributed by atoms with Crippen LogP contribution < -0.4 is 10.6 Å². The molecule has 1 aromatic carbocycles. The number of thiazole rings is 1. The lowest BCUT2D eigenvalue weighted by molar-refractivity contribution is -0.142. The smallest absolute Gasteiger partial charge is 0.311 e. The Morgan fingerprint density at radius 3 is 2.54 bits per heavy atom. The molecular formula is C37H53N5O7S. The van der Waals surface area contributed by atoms with Crippen LogP contribution in [0.3, 0.4) is 0 Å². The van der Waals surface area contributed by atoms with Gasteiger partial charge in [0.2, 0.25) is 11.8 Å². The number of carbonyl (C=O) groups is 5. The number of carboxylic acid groups (broad SMARTS) is 1. The Hall–Kier alpha value is -3.68. The molecular weight excluding hydrogens is 659 g/mol. The van der Waals surface area contributed by atoms with Gasteiger partial charge in [0.15, 0.2) is 10.8 Å². The number of ether oxygens (including phenoxy) is 1. The van der Waals surface area contributed by atoms with E-state index >= 15 is 0 Å². The van der Waals surface area contributed by atoms with Crippen molar-refractivity contribution in [3.05, 3.63) is 51.5 Å². The minimum atomic E-state index is -0.939. The van der Waals surface area contributed by atoms with Gasteiger partial charge in [0.1, 0.15) is 11.7 Å². The van der Waals surface area contributed by atoms with Crippen LogP contribution in [0.2, 0.25) is 0 Å². The summed E-state index contributed by atoms with van der Waals surface area (Å²) in [5.41, 5.74) is 1.73. The molecule has 4 rings (SSSR count). The number of Topliss-reactive ketones (excluding diaryl/α,β-unsaturated/α-hetero) is 1. The number of benzene rings is 1. The van der Waals surface area contributed by atoms with Gasteiger partial charge in [-0.3, -0.25) is 28.9 Å². The van der Waals surface area contributed by atoms with E-state index < -0.39 is 35.9 Å². The van der Waals surface area contributed by atoms with Crippen molar-refractivity contribution in [3.63, 3.8) is 0 Å². The number of carbonyl (C=O) groups excluding carboxylic acids is 4. The Balaban J connectivity index is 1.48. The molecule has 0 bridgehead atoms. The average Bonchev–Trinajstić information content (AvgIpc) is 3.60. The zero-order valence-corrected chi connectivity index (χ0v) is 31.0. The monoisotopic (exact) mass is 711 g/mol. The fourth-order valence-corrected chi connectivity index (χ4v) is 7.81. The molecule has 1 aliphatic carbocycles. The third kappa shape index (κ3) is 9.55. The van der Waals surface area contributed by atoms with Gasteiger partial charge in [-0.25, -0.2) is 4.98 Å². The highest BCUT2D eigenvalue weighted by atomic mass is 32.1. The lowest BCUT2D eigenvalue weighted by atomic mass is 9.80. The summed E-state index contributed by atoms with van der Waals surface area (Å²) in [7, 11) is 3.49. The molecule has 3 unspecified atom stereocenters. The molecule has 1 saturated heterocycles.